The van der Waals surface area contributed by atoms with E-state index in [0.717, 1.165) is 5.01 Å². The Kier molecular flexibility index (Phi) is 2.53. The summed E-state index contributed by atoms with van der Waals surface area (Å²) < 4.78 is 0. The highest BCUT2D eigenvalue weighted by Crippen LogP contribution is 2.10. The average molecular weight is 172 g/mol. The van der Waals surface area contributed by atoms with Gasteiger partial charge in [-0.2, -0.15) is 0 Å². The van der Waals surface area contributed by atoms with E-state index in [1.54, 1.807) is 5.51 Å². The summed E-state index contributed by atoms with van der Waals surface area (Å²) in [4.78, 5) is 0. The summed E-state index contributed by atoms with van der Waals surface area (Å²) in [5.74, 6) is 0. The van der Waals surface area contributed by atoms with Crippen LogP contribution in [0.15, 0.2) is 5.51 Å². The smallest absolute Gasteiger partial charge is 0.119 e. The predicted octanol–water partition coefficient (Wildman–Crippen LogP) is -0.243. The van der Waals surface area contributed by atoms with Crippen LogP contribution in [0.3, 0.4) is 0 Å². The number of aromatic nitrogens is 2. The molecule has 0 amide bonds. The molecule has 0 bridgehead atoms. The minimum Gasteiger partial charge on any atom is -0.329 e. The summed E-state index contributed by atoms with van der Waals surface area (Å²) >= 11 is 1.51. The molecule has 62 valence electrons. The Morgan fingerprint density at radius 1 is 1.73 bits per heavy atom. The van der Waals surface area contributed by atoms with E-state index in [4.69, 9.17) is 11.5 Å². The zero-order valence-electron chi connectivity index (χ0n) is 6.45. The van der Waals surface area contributed by atoms with Crippen molar-refractivity contribution in [2.45, 2.75) is 18.9 Å². The van der Waals surface area contributed by atoms with Gasteiger partial charge < -0.3 is 11.5 Å². The molecule has 1 aromatic heterocycles. The van der Waals surface area contributed by atoms with Crippen LogP contribution in [-0.2, 0) is 6.42 Å². The lowest BCUT2D eigenvalue weighted by Crippen LogP contribution is -2.45. The summed E-state index contributed by atoms with van der Waals surface area (Å²) in [5, 5.41) is 8.54. The zero-order valence-corrected chi connectivity index (χ0v) is 7.27. The van der Waals surface area contributed by atoms with Gasteiger partial charge in [-0.1, -0.05) is 0 Å². The third kappa shape index (κ3) is 2.53. The van der Waals surface area contributed by atoms with Crippen molar-refractivity contribution in [2.75, 3.05) is 6.54 Å². The molecule has 0 saturated carbocycles. The first-order valence-corrected chi connectivity index (χ1v) is 4.26. The van der Waals surface area contributed by atoms with E-state index in [-0.39, 0.29) is 5.54 Å². The highest BCUT2D eigenvalue weighted by atomic mass is 32.1. The Hall–Kier alpha value is -0.520. The normalized spacial score (nSPS) is 16.3. The van der Waals surface area contributed by atoms with Crippen molar-refractivity contribution in [3.05, 3.63) is 10.5 Å². The maximum Gasteiger partial charge on any atom is 0.119 e. The van der Waals surface area contributed by atoms with E-state index in [0.29, 0.717) is 13.0 Å². The van der Waals surface area contributed by atoms with Crippen molar-refractivity contribution in [3.8, 4) is 0 Å². The van der Waals surface area contributed by atoms with E-state index >= 15 is 0 Å². The highest BCUT2D eigenvalue weighted by molar-refractivity contribution is 7.09. The Balaban J connectivity index is 2.56. The van der Waals surface area contributed by atoms with E-state index in [1.807, 2.05) is 6.92 Å². The van der Waals surface area contributed by atoms with E-state index < -0.39 is 0 Å². The molecule has 5 heteroatoms. The lowest BCUT2D eigenvalue weighted by Gasteiger charge is -2.19. The molecule has 0 fully saturated rings. The van der Waals surface area contributed by atoms with Crippen molar-refractivity contribution < 1.29 is 0 Å². The molecule has 4 nitrogen and oxygen atoms in total. The SMILES string of the molecule is CC(N)(CN)Cc1nncs1. The van der Waals surface area contributed by atoms with Crippen LogP contribution in [-0.4, -0.2) is 22.3 Å². The van der Waals surface area contributed by atoms with E-state index in [1.165, 1.54) is 11.3 Å². The molecule has 0 aliphatic rings. The maximum atomic E-state index is 5.82. The molecule has 0 saturated heterocycles. The van der Waals surface area contributed by atoms with Gasteiger partial charge in [0.15, 0.2) is 0 Å². The first-order valence-electron chi connectivity index (χ1n) is 3.38. The van der Waals surface area contributed by atoms with Crippen LogP contribution >= 0.6 is 11.3 Å². The fourth-order valence-electron chi connectivity index (χ4n) is 0.691. The summed E-state index contributed by atoms with van der Waals surface area (Å²) in [6.07, 6.45) is 0.703. The van der Waals surface area contributed by atoms with E-state index in [9.17, 15) is 0 Å². The van der Waals surface area contributed by atoms with Crippen molar-refractivity contribution >= 4 is 11.3 Å². The summed E-state index contributed by atoms with van der Waals surface area (Å²) in [5.41, 5.74) is 12.6. The minimum absolute atomic E-state index is 0.348. The topological polar surface area (TPSA) is 77.8 Å². The van der Waals surface area contributed by atoms with Gasteiger partial charge in [-0.15, -0.1) is 21.5 Å². The van der Waals surface area contributed by atoms with Crippen LogP contribution < -0.4 is 11.5 Å². The van der Waals surface area contributed by atoms with Gasteiger partial charge in [0.05, 0.1) is 0 Å². The first-order chi connectivity index (χ1) is 5.14. The first kappa shape index (κ1) is 8.58. The van der Waals surface area contributed by atoms with Crippen LogP contribution in [0.4, 0.5) is 0 Å². The zero-order chi connectivity index (χ0) is 8.32. The van der Waals surface area contributed by atoms with Crippen LogP contribution in [0, 0.1) is 0 Å². The van der Waals surface area contributed by atoms with Crippen molar-refractivity contribution in [3.63, 3.8) is 0 Å². The van der Waals surface area contributed by atoms with Gasteiger partial charge in [0, 0.05) is 18.5 Å². The molecule has 4 N–H and O–H groups in total. The monoisotopic (exact) mass is 172 g/mol. The van der Waals surface area contributed by atoms with Gasteiger partial charge >= 0.3 is 0 Å². The van der Waals surface area contributed by atoms with Crippen LogP contribution in [0.25, 0.3) is 0 Å². The molecular formula is C6H12N4S. The van der Waals surface area contributed by atoms with Gasteiger partial charge in [0.2, 0.25) is 0 Å². The Morgan fingerprint density at radius 3 is 2.91 bits per heavy atom. The van der Waals surface area contributed by atoms with Crippen LogP contribution in [0.1, 0.15) is 11.9 Å². The molecule has 0 aliphatic carbocycles. The number of nitrogens with two attached hydrogens (primary N) is 2. The predicted molar refractivity (Wildman–Crippen MR) is 45.3 cm³/mol. The Bertz CT molecular complexity index is 206. The van der Waals surface area contributed by atoms with E-state index in [2.05, 4.69) is 10.2 Å². The molecule has 1 unspecified atom stereocenters. The lowest BCUT2D eigenvalue weighted by atomic mass is 10.0. The highest BCUT2D eigenvalue weighted by Gasteiger charge is 2.18. The number of rotatable bonds is 3. The molecule has 1 aromatic rings. The average Bonchev–Trinajstić information content (AvgIpc) is 2.39. The van der Waals surface area contributed by atoms with Crippen LogP contribution in [0.5, 0.6) is 0 Å². The lowest BCUT2D eigenvalue weighted by molar-refractivity contribution is 0.475. The number of hydrogen-bond acceptors (Lipinski definition) is 5. The molecule has 0 aliphatic heterocycles. The second-order valence-electron chi connectivity index (χ2n) is 2.87. The number of nitrogens with zero attached hydrogens (tertiary/aromatic N) is 2. The number of hydrogen-bond donors (Lipinski definition) is 2. The fourth-order valence-corrected chi connectivity index (χ4v) is 1.41. The Morgan fingerprint density at radius 2 is 2.45 bits per heavy atom. The van der Waals surface area contributed by atoms with Crippen LogP contribution in [0.2, 0.25) is 0 Å². The molecule has 1 atom stereocenters. The largest absolute Gasteiger partial charge is 0.329 e. The molecule has 0 spiro atoms. The summed E-state index contributed by atoms with van der Waals surface area (Å²) in [6.45, 7) is 2.38. The van der Waals surface area contributed by atoms with Crippen molar-refractivity contribution in [1.29, 1.82) is 0 Å². The molecule has 0 radical (unpaired) electrons. The molecule has 1 heterocycles. The second-order valence-corrected chi connectivity index (χ2v) is 3.79. The van der Waals surface area contributed by atoms with Gasteiger partial charge in [-0.3, -0.25) is 0 Å². The van der Waals surface area contributed by atoms with Crippen molar-refractivity contribution in [1.82, 2.24) is 10.2 Å². The van der Waals surface area contributed by atoms with Gasteiger partial charge in [-0.05, 0) is 6.92 Å². The Labute approximate surface area is 69.6 Å². The fraction of sp³-hybridized carbons (Fsp3) is 0.667. The standard InChI is InChI=1S/C6H12N4S/c1-6(8,3-7)2-5-10-9-4-11-5/h4H,2-3,7-8H2,1H3. The van der Waals surface area contributed by atoms with Gasteiger partial charge in [0.1, 0.15) is 10.5 Å². The minimum atomic E-state index is -0.348. The maximum absolute atomic E-state index is 5.82. The molecular weight excluding hydrogens is 160 g/mol. The molecule has 0 aromatic carbocycles. The molecule has 11 heavy (non-hydrogen) atoms. The van der Waals surface area contributed by atoms with Gasteiger partial charge in [0.25, 0.3) is 0 Å². The summed E-state index contributed by atoms with van der Waals surface area (Å²) in [7, 11) is 0. The van der Waals surface area contributed by atoms with Crippen molar-refractivity contribution in [2.24, 2.45) is 11.5 Å². The molecule has 1 rings (SSSR count). The van der Waals surface area contributed by atoms with Gasteiger partial charge in [-0.25, -0.2) is 0 Å². The summed E-state index contributed by atoms with van der Waals surface area (Å²) in [6, 6.07) is 0. The quantitative estimate of drug-likeness (QED) is 0.659. The third-order valence-electron chi connectivity index (χ3n) is 1.43. The second kappa shape index (κ2) is 3.25. The third-order valence-corrected chi connectivity index (χ3v) is 2.12.